The fourth-order valence-corrected chi connectivity index (χ4v) is 1.53. The lowest BCUT2D eigenvalue weighted by Gasteiger charge is -2.14. The predicted octanol–water partition coefficient (Wildman–Crippen LogP) is 1.35. The summed E-state index contributed by atoms with van der Waals surface area (Å²) in [5, 5.41) is 12.1. The summed E-state index contributed by atoms with van der Waals surface area (Å²) in [6.45, 7) is 0.249. The molecular formula is C11H14INO4. The van der Waals surface area contributed by atoms with Crippen molar-refractivity contribution in [2.24, 2.45) is 0 Å². The monoisotopic (exact) mass is 351 g/mol. The first-order valence-corrected chi connectivity index (χ1v) is 5.98. The maximum atomic E-state index is 11.7. The SMILES string of the molecule is COC(CNC(=O)c1ccc(I)c(O)c1)OC. The van der Waals surface area contributed by atoms with Gasteiger partial charge in [-0.25, -0.2) is 0 Å². The van der Waals surface area contributed by atoms with Gasteiger partial charge in [-0.3, -0.25) is 4.79 Å². The highest BCUT2D eigenvalue weighted by molar-refractivity contribution is 14.1. The standard InChI is InChI=1S/C11H14INO4/c1-16-10(17-2)6-13-11(15)7-3-4-8(12)9(14)5-7/h3-5,10,14H,6H2,1-2H3,(H,13,15). The highest BCUT2D eigenvalue weighted by atomic mass is 127. The minimum Gasteiger partial charge on any atom is -0.507 e. The van der Waals surface area contributed by atoms with E-state index in [1.807, 2.05) is 22.6 Å². The number of carbonyl (C=O) groups is 1. The summed E-state index contributed by atoms with van der Waals surface area (Å²) in [5.74, 6) is -0.191. The highest BCUT2D eigenvalue weighted by Crippen LogP contribution is 2.20. The Hall–Kier alpha value is -0.860. The summed E-state index contributed by atoms with van der Waals surface area (Å²) in [6.07, 6.45) is -0.476. The summed E-state index contributed by atoms with van der Waals surface area (Å²) >= 11 is 1.99. The number of amides is 1. The molecule has 5 nitrogen and oxygen atoms in total. The molecule has 1 aromatic rings. The van der Waals surface area contributed by atoms with Gasteiger partial charge in [-0.2, -0.15) is 0 Å². The number of aromatic hydroxyl groups is 1. The second kappa shape index (κ2) is 6.77. The van der Waals surface area contributed by atoms with Crippen LogP contribution < -0.4 is 5.32 Å². The van der Waals surface area contributed by atoms with Crippen LogP contribution in [0.25, 0.3) is 0 Å². The molecule has 0 fully saturated rings. The number of rotatable bonds is 5. The van der Waals surface area contributed by atoms with Gasteiger partial charge in [0, 0.05) is 19.8 Å². The quantitative estimate of drug-likeness (QED) is 0.621. The van der Waals surface area contributed by atoms with E-state index in [2.05, 4.69) is 5.32 Å². The van der Waals surface area contributed by atoms with E-state index in [0.717, 1.165) is 0 Å². The first-order chi connectivity index (χ1) is 8.08. The average Bonchev–Trinajstić information content (AvgIpc) is 2.33. The van der Waals surface area contributed by atoms with E-state index >= 15 is 0 Å². The number of nitrogens with one attached hydrogen (secondary N) is 1. The molecule has 2 N–H and O–H groups in total. The lowest BCUT2D eigenvalue weighted by Crippen LogP contribution is -2.34. The minimum atomic E-state index is -0.476. The average molecular weight is 351 g/mol. The molecule has 0 saturated carbocycles. The molecule has 17 heavy (non-hydrogen) atoms. The Morgan fingerprint density at radius 1 is 1.47 bits per heavy atom. The third-order valence-electron chi connectivity index (χ3n) is 2.16. The fraction of sp³-hybridized carbons (Fsp3) is 0.364. The number of methoxy groups -OCH3 is 2. The van der Waals surface area contributed by atoms with Gasteiger partial charge in [-0.05, 0) is 40.8 Å². The molecule has 0 aromatic heterocycles. The van der Waals surface area contributed by atoms with E-state index in [1.165, 1.54) is 20.3 Å². The Kier molecular flexibility index (Phi) is 5.66. The fourth-order valence-electron chi connectivity index (χ4n) is 1.19. The van der Waals surface area contributed by atoms with Crippen LogP contribution in [0.15, 0.2) is 18.2 Å². The number of halogens is 1. The predicted molar refractivity (Wildman–Crippen MR) is 71.0 cm³/mol. The number of ether oxygens (including phenoxy) is 2. The molecule has 1 rings (SSSR count). The van der Waals surface area contributed by atoms with Crippen LogP contribution in [0.3, 0.4) is 0 Å². The van der Waals surface area contributed by atoms with E-state index in [1.54, 1.807) is 12.1 Å². The van der Waals surface area contributed by atoms with Crippen molar-refractivity contribution >= 4 is 28.5 Å². The molecule has 0 aliphatic heterocycles. The number of phenolic OH excluding ortho intramolecular Hbond substituents is 1. The summed E-state index contributed by atoms with van der Waals surface area (Å²) in [4.78, 5) is 11.7. The van der Waals surface area contributed by atoms with Gasteiger partial charge in [0.2, 0.25) is 0 Å². The number of hydrogen-bond donors (Lipinski definition) is 2. The van der Waals surface area contributed by atoms with Crippen molar-refractivity contribution in [1.82, 2.24) is 5.32 Å². The lowest BCUT2D eigenvalue weighted by molar-refractivity contribution is -0.0974. The zero-order valence-corrected chi connectivity index (χ0v) is 11.7. The Balaban J connectivity index is 2.61. The second-order valence-electron chi connectivity index (χ2n) is 3.28. The summed E-state index contributed by atoms with van der Waals surface area (Å²) < 4.78 is 10.6. The van der Waals surface area contributed by atoms with E-state index in [0.29, 0.717) is 9.13 Å². The van der Waals surface area contributed by atoms with Crippen LogP contribution in [0.1, 0.15) is 10.4 Å². The number of carbonyl (C=O) groups excluding carboxylic acids is 1. The van der Waals surface area contributed by atoms with E-state index < -0.39 is 6.29 Å². The third kappa shape index (κ3) is 4.14. The van der Waals surface area contributed by atoms with Crippen LogP contribution in [0.2, 0.25) is 0 Å². The van der Waals surface area contributed by atoms with Crippen LogP contribution in [-0.2, 0) is 9.47 Å². The molecule has 6 heteroatoms. The van der Waals surface area contributed by atoms with Gasteiger partial charge in [0.05, 0.1) is 10.1 Å². The van der Waals surface area contributed by atoms with E-state index in [4.69, 9.17) is 9.47 Å². The summed E-state index contributed by atoms with van der Waals surface area (Å²) in [7, 11) is 2.99. The maximum Gasteiger partial charge on any atom is 0.251 e. The topological polar surface area (TPSA) is 67.8 Å². The van der Waals surface area contributed by atoms with Gasteiger partial charge in [0.15, 0.2) is 6.29 Å². The van der Waals surface area contributed by atoms with Crippen molar-refractivity contribution in [2.45, 2.75) is 6.29 Å². The lowest BCUT2D eigenvalue weighted by atomic mass is 10.2. The number of phenols is 1. The first kappa shape index (κ1) is 14.2. The van der Waals surface area contributed by atoms with Crippen LogP contribution in [0.4, 0.5) is 0 Å². The van der Waals surface area contributed by atoms with Crippen LogP contribution >= 0.6 is 22.6 Å². The van der Waals surface area contributed by atoms with E-state index in [9.17, 15) is 9.90 Å². The second-order valence-corrected chi connectivity index (χ2v) is 4.44. The molecule has 0 bridgehead atoms. The van der Waals surface area contributed by atoms with Gasteiger partial charge in [0.1, 0.15) is 5.75 Å². The smallest absolute Gasteiger partial charge is 0.251 e. The van der Waals surface area contributed by atoms with Gasteiger partial charge >= 0.3 is 0 Å². The van der Waals surface area contributed by atoms with Crippen LogP contribution in [-0.4, -0.2) is 38.1 Å². The molecule has 0 radical (unpaired) electrons. The van der Waals surface area contributed by atoms with Crippen molar-refractivity contribution in [2.75, 3.05) is 20.8 Å². The molecule has 0 aliphatic carbocycles. The molecule has 94 valence electrons. The number of benzene rings is 1. The molecule has 1 aromatic carbocycles. The molecule has 0 heterocycles. The van der Waals surface area contributed by atoms with Crippen molar-refractivity contribution < 1.29 is 19.4 Å². The molecule has 0 unspecified atom stereocenters. The van der Waals surface area contributed by atoms with Crippen LogP contribution in [0.5, 0.6) is 5.75 Å². The zero-order chi connectivity index (χ0) is 12.8. The largest absolute Gasteiger partial charge is 0.507 e. The normalized spacial score (nSPS) is 10.6. The Morgan fingerprint density at radius 2 is 2.12 bits per heavy atom. The molecule has 1 amide bonds. The Labute approximate surface area is 113 Å². The van der Waals surface area contributed by atoms with E-state index in [-0.39, 0.29) is 18.2 Å². The van der Waals surface area contributed by atoms with Gasteiger partial charge in [0.25, 0.3) is 5.91 Å². The molecule has 0 aliphatic rings. The number of hydrogen-bond acceptors (Lipinski definition) is 4. The van der Waals surface area contributed by atoms with Crippen molar-refractivity contribution in [3.8, 4) is 5.75 Å². The molecule has 0 saturated heterocycles. The van der Waals surface area contributed by atoms with Gasteiger partial charge in [-0.15, -0.1) is 0 Å². The molecule has 0 atom stereocenters. The van der Waals surface area contributed by atoms with Gasteiger partial charge < -0.3 is 19.9 Å². The Morgan fingerprint density at radius 3 is 2.65 bits per heavy atom. The van der Waals surface area contributed by atoms with Crippen molar-refractivity contribution in [3.63, 3.8) is 0 Å². The van der Waals surface area contributed by atoms with Crippen molar-refractivity contribution in [3.05, 3.63) is 27.3 Å². The minimum absolute atomic E-state index is 0.0910. The third-order valence-corrected chi connectivity index (χ3v) is 3.08. The highest BCUT2D eigenvalue weighted by Gasteiger charge is 2.11. The molecule has 0 spiro atoms. The first-order valence-electron chi connectivity index (χ1n) is 4.90. The summed E-state index contributed by atoms with van der Waals surface area (Å²) in [6, 6.07) is 4.74. The zero-order valence-electron chi connectivity index (χ0n) is 9.57. The Bertz CT molecular complexity index is 393. The molecular weight excluding hydrogens is 337 g/mol. The summed E-state index contributed by atoms with van der Waals surface area (Å²) in [5.41, 5.74) is 0.397. The maximum absolute atomic E-state index is 11.7. The van der Waals surface area contributed by atoms with Gasteiger partial charge in [-0.1, -0.05) is 0 Å². The van der Waals surface area contributed by atoms with Crippen LogP contribution in [0, 0.1) is 3.57 Å². The van der Waals surface area contributed by atoms with Crippen molar-refractivity contribution in [1.29, 1.82) is 0 Å².